The van der Waals surface area contributed by atoms with Gasteiger partial charge in [0.05, 0.1) is 19.0 Å². The van der Waals surface area contributed by atoms with Crippen LogP contribution < -0.4 is 10.1 Å². The number of aromatic nitrogens is 3. The highest BCUT2D eigenvalue weighted by Gasteiger charge is 2.13. The maximum Gasteiger partial charge on any atom is 0.180 e. The Bertz CT molecular complexity index is 979. The van der Waals surface area contributed by atoms with Crippen LogP contribution in [0.3, 0.4) is 0 Å². The molecule has 24 heavy (non-hydrogen) atoms. The Balaban J connectivity index is 1.82. The van der Waals surface area contributed by atoms with Gasteiger partial charge in [-0.3, -0.25) is 4.40 Å². The Hall–Kier alpha value is -3.34. The number of anilines is 2. The number of hydrogen-bond acceptors (Lipinski definition) is 4. The first-order chi connectivity index (χ1) is 11.9. The van der Waals surface area contributed by atoms with Crippen molar-refractivity contribution in [3.63, 3.8) is 0 Å². The van der Waals surface area contributed by atoms with Crippen molar-refractivity contribution in [1.82, 2.24) is 14.4 Å². The smallest absolute Gasteiger partial charge is 0.180 e. The summed E-state index contributed by atoms with van der Waals surface area (Å²) < 4.78 is 7.48. The van der Waals surface area contributed by atoms with Gasteiger partial charge in [0, 0.05) is 23.6 Å². The molecule has 0 saturated heterocycles. The summed E-state index contributed by atoms with van der Waals surface area (Å²) in [5.41, 5.74) is 3.69. The van der Waals surface area contributed by atoms with Crippen LogP contribution >= 0.6 is 0 Å². The second-order valence-electron chi connectivity index (χ2n) is 5.30. The molecule has 4 rings (SSSR count). The lowest BCUT2D eigenvalue weighted by atomic mass is 10.1. The van der Waals surface area contributed by atoms with E-state index in [2.05, 4.69) is 15.3 Å². The number of methoxy groups -OCH3 is 1. The number of ether oxygens (including phenoxy) is 1. The molecule has 0 bridgehead atoms. The standard InChI is InChI=1S/C19H16N4O/c1-24-17-10-6-5-9-15(17)16-13-21-19-18(20-11-12-23(16)19)22-14-7-3-2-4-8-14/h2-13H,1H3,(H,20,22). The van der Waals surface area contributed by atoms with E-state index in [-0.39, 0.29) is 0 Å². The molecule has 0 unspecified atom stereocenters. The van der Waals surface area contributed by atoms with Crippen molar-refractivity contribution in [2.45, 2.75) is 0 Å². The molecule has 5 heteroatoms. The first-order valence-electron chi connectivity index (χ1n) is 7.64. The van der Waals surface area contributed by atoms with E-state index in [0.717, 1.165) is 28.3 Å². The van der Waals surface area contributed by atoms with Gasteiger partial charge in [-0.05, 0) is 24.3 Å². The zero-order valence-electron chi connectivity index (χ0n) is 13.2. The monoisotopic (exact) mass is 316 g/mol. The lowest BCUT2D eigenvalue weighted by Crippen LogP contribution is -1.98. The van der Waals surface area contributed by atoms with Gasteiger partial charge in [-0.2, -0.15) is 0 Å². The predicted molar refractivity (Wildman–Crippen MR) is 94.7 cm³/mol. The van der Waals surface area contributed by atoms with Crippen molar-refractivity contribution in [2.24, 2.45) is 0 Å². The maximum atomic E-state index is 5.47. The van der Waals surface area contributed by atoms with Gasteiger partial charge in [0.2, 0.25) is 0 Å². The van der Waals surface area contributed by atoms with Crippen LogP contribution in [0.15, 0.2) is 73.2 Å². The topological polar surface area (TPSA) is 51.5 Å². The highest BCUT2D eigenvalue weighted by atomic mass is 16.5. The Morgan fingerprint density at radius 3 is 2.58 bits per heavy atom. The van der Waals surface area contributed by atoms with Crippen molar-refractivity contribution in [3.8, 4) is 17.0 Å². The minimum atomic E-state index is 0.713. The molecule has 5 nitrogen and oxygen atoms in total. The number of imidazole rings is 1. The maximum absolute atomic E-state index is 5.47. The molecule has 0 saturated carbocycles. The summed E-state index contributed by atoms with van der Waals surface area (Å²) in [7, 11) is 1.67. The van der Waals surface area contributed by atoms with Gasteiger partial charge in [0.1, 0.15) is 5.75 Å². The number of hydrogen-bond donors (Lipinski definition) is 1. The van der Waals surface area contributed by atoms with Gasteiger partial charge in [-0.15, -0.1) is 0 Å². The number of para-hydroxylation sites is 2. The number of nitrogens with zero attached hydrogens (tertiary/aromatic N) is 3. The van der Waals surface area contributed by atoms with Crippen molar-refractivity contribution >= 4 is 17.2 Å². The molecule has 118 valence electrons. The fourth-order valence-corrected chi connectivity index (χ4v) is 2.72. The SMILES string of the molecule is COc1ccccc1-c1cnc2c(Nc3ccccc3)nccn12. The molecule has 4 aromatic rings. The number of fused-ring (bicyclic) bond motifs is 1. The molecule has 0 spiro atoms. The molecule has 2 aromatic heterocycles. The van der Waals surface area contributed by atoms with Crippen LogP contribution in [0, 0.1) is 0 Å². The van der Waals surface area contributed by atoms with Crippen molar-refractivity contribution in [2.75, 3.05) is 12.4 Å². The molecular formula is C19H16N4O. The Morgan fingerprint density at radius 1 is 0.958 bits per heavy atom. The van der Waals surface area contributed by atoms with E-state index in [0.29, 0.717) is 5.82 Å². The molecular weight excluding hydrogens is 300 g/mol. The zero-order valence-corrected chi connectivity index (χ0v) is 13.2. The van der Waals surface area contributed by atoms with E-state index in [1.54, 1.807) is 13.3 Å². The van der Waals surface area contributed by atoms with E-state index in [4.69, 9.17) is 4.74 Å². The van der Waals surface area contributed by atoms with E-state index < -0.39 is 0 Å². The van der Waals surface area contributed by atoms with Crippen LogP contribution in [0.4, 0.5) is 11.5 Å². The molecule has 0 fully saturated rings. The lowest BCUT2D eigenvalue weighted by Gasteiger charge is -2.09. The molecule has 0 aliphatic heterocycles. The molecule has 2 aromatic carbocycles. The average Bonchev–Trinajstić information content (AvgIpc) is 3.07. The van der Waals surface area contributed by atoms with Gasteiger partial charge >= 0.3 is 0 Å². The summed E-state index contributed by atoms with van der Waals surface area (Å²) in [6.07, 6.45) is 5.50. The van der Waals surface area contributed by atoms with Crippen molar-refractivity contribution in [3.05, 3.63) is 73.2 Å². The van der Waals surface area contributed by atoms with Gasteiger partial charge in [-0.1, -0.05) is 30.3 Å². The highest BCUT2D eigenvalue weighted by Crippen LogP contribution is 2.31. The van der Waals surface area contributed by atoms with Gasteiger partial charge in [0.25, 0.3) is 0 Å². The number of rotatable bonds is 4. The minimum absolute atomic E-state index is 0.713. The Kier molecular flexibility index (Phi) is 3.59. The molecule has 0 amide bonds. The van der Waals surface area contributed by atoms with Crippen LogP contribution in [-0.4, -0.2) is 21.5 Å². The van der Waals surface area contributed by atoms with Crippen LogP contribution in [0.5, 0.6) is 5.75 Å². The van der Waals surface area contributed by atoms with E-state index in [9.17, 15) is 0 Å². The third-order valence-corrected chi connectivity index (χ3v) is 3.85. The third-order valence-electron chi connectivity index (χ3n) is 3.85. The summed E-state index contributed by atoms with van der Waals surface area (Å²) in [4.78, 5) is 8.98. The minimum Gasteiger partial charge on any atom is -0.496 e. The molecule has 2 heterocycles. The molecule has 0 atom stereocenters. The van der Waals surface area contributed by atoms with Crippen LogP contribution in [-0.2, 0) is 0 Å². The Morgan fingerprint density at radius 2 is 1.75 bits per heavy atom. The summed E-state index contributed by atoms with van der Waals surface area (Å²) in [5, 5.41) is 3.31. The lowest BCUT2D eigenvalue weighted by molar-refractivity contribution is 0.416. The molecule has 0 aliphatic carbocycles. The average molecular weight is 316 g/mol. The normalized spacial score (nSPS) is 10.7. The fourth-order valence-electron chi connectivity index (χ4n) is 2.72. The summed E-state index contributed by atoms with van der Waals surface area (Å²) in [6, 6.07) is 17.8. The highest BCUT2D eigenvalue weighted by molar-refractivity contribution is 5.76. The zero-order chi connectivity index (χ0) is 16.4. The van der Waals surface area contributed by atoms with Crippen LogP contribution in [0.25, 0.3) is 16.9 Å². The van der Waals surface area contributed by atoms with E-state index in [1.807, 2.05) is 71.4 Å². The molecule has 0 aliphatic rings. The second kappa shape index (κ2) is 6.04. The van der Waals surface area contributed by atoms with E-state index in [1.165, 1.54) is 0 Å². The quantitative estimate of drug-likeness (QED) is 0.614. The molecule has 1 N–H and O–H groups in total. The van der Waals surface area contributed by atoms with Gasteiger partial charge in [0.15, 0.2) is 11.5 Å². The Labute approximate surface area is 139 Å². The summed E-state index contributed by atoms with van der Waals surface area (Å²) in [6.45, 7) is 0. The van der Waals surface area contributed by atoms with Crippen LogP contribution in [0.1, 0.15) is 0 Å². The predicted octanol–water partition coefficient (Wildman–Crippen LogP) is 4.15. The second-order valence-corrected chi connectivity index (χ2v) is 5.30. The first-order valence-corrected chi connectivity index (χ1v) is 7.64. The molecule has 0 radical (unpaired) electrons. The number of benzene rings is 2. The van der Waals surface area contributed by atoms with Crippen LogP contribution in [0.2, 0.25) is 0 Å². The number of nitrogens with one attached hydrogen (secondary N) is 1. The fraction of sp³-hybridized carbons (Fsp3) is 0.0526. The largest absolute Gasteiger partial charge is 0.496 e. The van der Waals surface area contributed by atoms with Gasteiger partial charge in [-0.25, -0.2) is 9.97 Å². The van der Waals surface area contributed by atoms with E-state index >= 15 is 0 Å². The van der Waals surface area contributed by atoms with Crippen molar-refractivity contribution < 1.29 is 4.74 Å². The van der Waals surface area contributed by atoms with Crippen molar-refractivity contribution in [1.29, 1.82) is 0 Å². The first kappa shape index (κ1) is 14.3. The summed E-state index contributed by atoms with van der Waals surface area (Å²) >= 11 is 0. The third kappa shape index (κ3) is 2.46. The van der Waals surface area contributed by atoms with Gasteiger partial charge < -0.3 is 10.1 Å². The summed E-state index contributed by atoms with van der Waals surface area (Å²) in [5.74, 6) is 1.53.